The van der Waals surface area contributed by atoms with Gasteiger partial charge < -0.3 is 10.6 Å². The number of benzene rings is 1. The molecule has 100 valence electrons. The average molecular weight is 246 g/mol. The molecule has 0 aromatic heterocycles. The van der Waals surface area contributed by atoms with Crippen molar-refractivity contribution < 1.29 is 0 Å². The summed E-state index contributed by atoms with van der Waals surface area (Å²) in [5.74, 6) is 1.73. The summed E-state index contributed by atoms with van der Waals surface area (Å²) in [6.07, 6.45) is 2.65. The molecule has 0 bridgehead atoms. The second-order valence-corrected chi connectivity index (χ2v) is 5.95. The number of nitrogens with zero attached hydrogens (tertiary/aromatic N) is 1. The van der Waals surface area contributed by atoms with Crippen molar-refractivity contribution in [2.45, 2.75) is 39.7 Å². The molecule has 0 radical (unpaired) electrons. The van der Waals surface area contributed by atoms with E-state index < -0.39 is 0 Å². The van der Waals surface area contributed by atoms with Crippen LogP contribution >= 0.6 is 0 Å². The molecule has 2 rings (SSSR count). The van der Waals surface area contributed by atoms with Crippen LogP contribution in [-0.4, -0.2) is 13.1 Å². The Balaban J connectivity index is 1.97. The highest BCUT2D eigenvalue weighted by atomic mass is 15.1. The Kier molecular flexibility index (Phi) is 4.28. The first-order valence-corrected chi connectivity index (χ1v) is 7.18. The Hall–Kier alpha value is -1.02. The third-order valence-electron chi connectivity index (χ3n) is 4.27. The molecule has 1 aromatic carbocycles. The number of piperidine rings is 1. The van der Waals surface area contributed by atoms with Gasteiger partial charge in [-0.15, -0.1) is 0 Å². The summed E-state index contributed by atoms with van der Waals surface area (Å²) in [6.45, 7) is 9.11. The van der Waals surface area contributed by atoms with Gasteiger partial charge in [-0.05, 0) is 49.3 Å². The van der Waals surface area contributed by atoms with Gasteiger partial charge in [0.05, 0.1) is 0 Å². The maximum absolute atomic E-state index is 5.88. The SMILES string of the molecule is CC(C)C1CCN(c2ccc([C@H](C)N)cc2)CC1. The monoisotopic (exact) mass is 246 g/mol. The molecule has 1 atom stereocenters. The number of nitrogens with two attached hydrogens (primary N) is 1. The summed E-state index contributed by atoms with van der Waals surface area (Å²) >= 11 is 0. The third-order valence-corrected chi connectivity index (χ3v) is 4.27. The highest BCUT2D eigenvalue weighted by Gasteiger charge is 2.21. The Morgan fingerprint density at radius 2 is 1.61 bits per heavy atom. The molecule has 18 heavy (non-hydrogen) atoms. The van der Waals surface area contributed by atoms with Gasteiger partial charge in [0.1, 0.15) is 0 Å². The highest BCUT2D eigenvalue weighted by molar-refractivity contribution is 5.48. The van der Waals surface area contributed by atoms with E-state index >= 15 is 0 Å². The Morgan fingerprint density at radius 1 is 1.06 bits per heavy atom. The molecule has 1 heterocycles. The summed E-state index contributed by atoms with van der Waals surface area (Å²) in [5.41, 5.74) is 8.45. The standard InChI is InChI=1S/C16H26N2/c1-12(2)14-8-10-18(11-9-14)16-6-4-15(5-7-16)13(3)17/h4-7,12-14H,8-11,17H2,1-3H3/t13-/m0/s1. The van der Waals surface area contributed by atoms with Gasteiger partial charge >= 0.3 is 0 Å². The van der Waals surface area contributed by atoms with Gasteiger partial charge in [-0.25, -0.2) is 0 Å². The molecule has 0 spiro atoms. The van der Waals surface area contributed by atoms with Crippen LogP contribution in [0.4, 0.5) is 5.69 Å². The second kappa shape index (κ2) is 5.75. The third kappa shape index (κ3) is 3.05. The molecule has 0 aliphatic carbocycles. The summed E-state index contributed by atoms with van der Waals surface area (Å²) in [5, 5.41) is 0. The molecule has 2 nitrogen and oxygen atoms in total. The van der Waals surface area contributed by atoms with Gasteiger partial charge in [-0.3, -0.25) is 0 Å². The van der Waals surface area contributed by atoms with E-state index in [0.717, 1.165) is 11.8 Å². The van der Waals surface area contributed by atoms with E-state index in [1.807, 2.05) is 6.92 Å². The fraction of sp³-hybridized carbons (Fsp3) is 0.625. The fourth-order valence-electron chi connectivity index (χ4n) is 2.81. The van der Waals surface area contributed by atoms with Crippen molar-refractivity contribution in [3.8, 4) is 0 Å². The minimum Gasteiger partial charge on any atom is -0.372 e. The summed E-state index contributed by atoms with van der Waals surface area (Å²) < 4.78 is 0. The van der Waals surface area contributed by atoms with Crippen LogP contribution in [0.3, 0.4) is 0 Å². The molecule has 1 aliphatic rings. The molecule has 2 heteroatoms. The van der Waals surface area contributed by atoms with E-state index in [-0.39, 0.29) is 6.04 Å². The van der Waals surface area contributed by atoms with Gasteiger partial charge in [-0.2, -0.15) is 0 Å². The molecule has 1 aromatic rings. The largest absolute Gasteiger partial charge is 0.372 e. The lowest BCUT2D eigenvalue weighted by atomic mass is 9.86. The van der Waals surface area contributed by atoms with Crippen molar-refractivity contribution >= 4 is 5.69 Å². The number of rotatable bonds is 3. The number of hydrogen-bond acceptors (Lipinski definition) is 2. The zero-order valence-corrected chi connectivity index (χ0v) is 11.9. The van der Waals surface area contributed by atoms with Crippen molar-refractivity contribution in [2.24, 2.45) is 17.6 Å². The lowest BCUT2D eigenvalue weighted by Crippen LogP contribution is -2.35. The van der Waals surface area contributed by atoms with Crippen molar-refractivity contribution in [1.29, 1.82) is 0 Å². The summed E-state index contributed by atoms with van der Waals surface area (Å²) in [4.78, 5) is 2.50. The lowest BCUT2D eigenvalue weighted by molar-refractivity contribution is 0.311. The van der Waals surface area contributed by atoms with Gasteiger partial charge in [0.15, 0.2) is 0 Å². The van der Waals surface area contributed by atoms with Gasteiger partial charge in [-0.1, -0.05) is 26.0 Å². The molecule has 1 aliphatic heterocycles. The second-order valence-electron chi connectivity index (χ2n) is 5.95. The van der Waals surface area contributed by atoms with E-state index in [1.54, 1.807) is 0 Å². The number of hydrogen-bond donors (Lipinski definition) is 1. The minimum absolute atomic E-state index is 0.130. The van der Waals surface area contributed by atoms with Crippen LogP contribution in [0.15, 0.2) is 24.3 Å². The molecular weight excluding hydrogens is 220 g/mol. The minimum atomic E-state index is 0.130. The van der Waals surface area contributed by atoms with Crippen LogP contribution in [0.1, 0.15) is 45.2 Å². The van der Waals surface area contributed by atoms with Crippen molar-refractivity contribution in [3.63, 3.8) is 0 Å². The van der Waals surface area contributed by atoms with Crippen molar-refractivity contribution in [2.75, 3.05) is 18.0 Å². The molecule has 0 unspecified atom stereocenters. The zero-order valence-electron chi connectivity index (χ0n) is 11.9. The number of anilines is 1. The quantitative estimate of drug-likeness (QED) is 0.883. The van der Waals surface area contributed by atoms with Crippen LogP contribution < -0.4 is 10.6 Å². The van der Waals surface area contributed by atoms with Crippen LogP contribution in [-0.2, 0) is 0 Å². The Labute approximate surface area is 111 Å². The Morgan fingerprint density at radius 3 is 2.06 bits per heavy atom. The van der Waals surface area contributed by atoms with Crippen molar-refractivity contribution in [1.82, 2.24) is 0 Å². The summed E-state index contributed by atoms with van der Waals surface area (Å²) in [7, 11) is 0. The maximum Gasteiger partial charge on any atom is 0.0366 e. The van der Waals surface area contributed by atoms with E-state index in [9.17, 15) is 0 Å². The molecule has 1 fully saturated rings. The lowest BCUT2D eigenvalue weighted by Gasteiger charge is -2.35. The van der Waals surface area contributed by atoms with E-state index in [1.165, 1.54) is 37.2 Å². The predicted octanol–water partition coefficient (Wildman–Crippen LogP) is 3.58. The van der Waals surface area contributed by atoms with Gasteiger partial charge in [0.25, 0.3) is 0 Å². The first kappa shape index (κ1) is 13.4. The van der Waals surface area contributed by atoms with Crippen LogP contribution in [0.5, 0.6) is 0 Å². The van der Waals surface area contributed by atoms with E-state index in [2.05, 4.69) is 43.0 Å². The molecule has 1 saturated heterocycles. The van der Waals surface area contributed by atoms with Crippen LogP contribution in [0.2, 0.25) is 0 Å². The Bertz CT molecular complexity index is 359. The molecule has 0 saturated carbocycles. The van der Waals surface area contributed by atoms with Crippen LogP contribution in [0, 0.1) is 11.8 Å². The topological polar surface area (TPSA) is 29.3 Å². The summed E-state index contributed by atoms with van der Waals surface area (Å²) in [6, 6.07) is 8.89. The first-order chi connectivity index (χ1) is 8.58. The van der Waals surface area contributed by atoms with Crippen molar-refractivity contribution in [3.05, 3.63) is 29.8 Å². The average Bonchev–Trinajstić information content (AvgIpc) is 2.39. The molecule has 2 N–H and O–H groups in total. The smallest absolute Gasteiger partial charge is 0.0366 e. The van der Waals surface area contributed by atoms with E-state index in [0.29, 0.717) is 0 Å². The van der Waals surface area contributed by atoms with Gasteiger partial charge in [0.2, 0.25) is 0 Å². The van der Waals surface area contributed by atoms with Gasteiger partial charge in [0, 0.05) is 24.8 Å². The first-order valence-electron chi connectivity index (χ1n) is 7.18. The maximum atomic E-state index is 5.88. The predicted molar refractivity (Wildman–Crippen MR) is 78.8 cm³/mol. The fourth-order valence-corrected chi connectivity index (χ4v) is 2.81. The highest BCUT2D eigenvalue weighted by Crippen LogP contribution is 2.28. The van der Waals surface area contributed by atoms with E-state index in [4.69, 9.17) is 5.73 Å². The normalized spacial score (nSPS) is 19.3. The molecular formula is C16H26N2. The zero-order chi connectivity index (χ0) is 13.1. The van der Waals surface area contributed by atoms with Crippen LogP contribution in [0.25, 0.3) is 0 Å². The molecule has 0 amide bonds.